The van der Waals surface area contributed by atoms with E-state index in [4.69, 9.17) is 21.5 Å². The Labute approximate surface area is 194 Å². The molecule has 1 saturated heterocycles. The summed E-state index contributed by atoms with van der Waals surface area (Å²) in [5.74, 6) is 0.0920. The van der Waals surface area contributed by atoms with Crippen LogP contribution in [0.1, 0.15) is 15.9 Å². The standard InChI is InChI=1S/C21H23ClN6O3S/c22-17-13-23-21(26-18(17)25-20-16(6-12-32-20)19(29)27-30)24-15-3-1-14(2-4-15)5-7-28-8-10-31-11-9-28/h1-4,6,12-13,30H,5,7-11H2,(H,27,29)(H2,23,24,25,26). The van der Waals surface area contributed by atoms with Gasteiger partial charge < -0.3 is 15.4 Å². The van der Waals surface area contributed by atoms with Crippen molar-refractivity contribution in [3.63, 3.8) is 0 Å². The number of hydrogen-bond acceptors (Lipinski definition) is 9. The number of nitrogens with one attached hydrogen (secondary N) is 3. The van der Waals surface area contributed by atoms with Crippen molar-refractivity contribution in [2.75, 3.05) is 43.5 Å². The molecule has 32 heavy (non-hydrogen) atoms. The summed E-state index contributed by atoms with van der Waals surface area (Å²) in [6.07, 6.45) is 2.46. The molecule has 168 valence electrons. The minimum atomic E-state index is -0.619. The van der Waals surface area contributed by atoms with Crippen molar-refractivity contribution in [1.29, 1.82) is 0 Å². The van der Waals surface area contributed by atoms with Gasteiger partial charge in [-0.25, -0.2) is 10.5 Å². The number of carbonyl (C=O) groups is 1. The molecule has 3 aromatic rings. The molecule has 1 fully saturated rings. The summed E-state index contributed by atoms with van der Waals surface area (Å²) in [6.45, 7) is 4.61. The first-order valence-corrected chi connectivity index (χ1v) is 11.4. The summed E-state index contributed by atoms with van der Waals surface area (Å²) in [5.41, 5.74) is 4.02. The van der Waals surface area contributed by atoms with Gasteiger partial charge in [-0.1, -0.05) is 23.7 Å². The maximum absolute atomic E-state index is 11.8. The Hall–Kier alpha value is -2.76. The lowest BCUT2D eigenvalue weighted by Gasteiger charge is -2.26. The molecule has 0 bridgehead atoms. The third kappa shape index (κ3) is 5.72. The van der Waals surface area contributed by atoms with Crippen molar-refractivity contribution in [3.8, 4) is 0 Å². The smallest absolute Gasteiger partial charge is 0.277 e. The Bertz CT molecular complexity index is 1060. The predicted molar refractivity (Wildman–Crippen MR) is 125 cm³/mol. The fraction of sp³-hybridized carbons (Fsp3) is 0.286. The van der Waals surface area contributed by atoms with Crippen LogP contribution in [0.5, 0.6) is 0 Å². The lowest BCUT2D eigenvalue weighted by atomic mass is 10.1. The zero-order valence-electron chi connectivity index (χ0n) is 17.2. The van der Waals surface area contributed by atoms with E-state index in [1.165, 1.54) is 23.1 Å². The lowest BCUT2D eigenvalue weighted by molar-refractivity contribution is 0.0384. The maximum atomic E-state index is 11.8. The van der Waals surface area contributed by atoms with E-state index < -0.39 is 5.91 Å². The number of halogens is 1. The summed E-state index contributed by atoms with van der Waals surface area (Å²) in [7, 11) is 0. The van der Waals surface area contributed by atoms with Crippen LogP contribution in [0.4, 0.5) is 22.5 Å². The molecule has 0 radical (unpaired) electrons. The molecule has 2 aromatic heterocycles. The van der Waals surface area contributed by atoms with Crippen LogP contribution < -0.4 is 16.1 Å². The molecule has 0 atom stereocenters. The number of ether oxygens (including phenoxy) is 1. The molecule has 4 rings (SSSR count). The monoisotopic (exact) mass is 474 g/mol. The zero-order chi connectivity index (χ0) is 22.3. The first-order valence-electron chi connectivity index (χ1n) is 10.1. The van der Waals surface area contributed by atoms with Crippen LogP contribution in [0.15, 0.2) is 41.9 Å². The number of morpholine rings is 1. The highest BCUT2D eigenvalue weighted by atomic mass is 35.5. The van der Waals surface area contributed by atoms with Crippen molar-refractivity contribution in [2.45, 2.75) is 6.42 Å². The second kappa shape index (κ2) is 10.7. The molecule has 4 N–H and O–H groups in total. The number of thiophene rings is 1. The van der Waals surface area contributed by atoms with E-state index in [0.29, 0.717) is 21.8 Å². The first kappa shape index (κ1) is 22.4. The molecule has 0 unspecified atom stereocenters. The van der Waals surface area contributed by atoms with E-state index >= 15 is 0 Å². The molecule has 1 aliphatic rings. The molecule has 0 spiro atoms. The van der Waals surface area contributed by atoms with E-state index in [-0.39, 0.29) is 5.56 Å². The fourth-order valence-corrected chi connectivity index (χ4v) is 4.19. The Morgan fingerprint density at radius 3 is 2.72 bits per heavy atom. The van der Waals surface area contributed by atoms with E-state index in [0.717, 1.165) is 45.0 Å². The van der Waals surface area contributed by atoms with E-state index in [2.05, 4.69) is 37.6 Å². The summed E-state index contributed by atoms with van der Waals surface area (Å²) in [4.78, 5) is 22.8. The van der Waals surface area contributed by atoms with Gasteiger partial charge in [-0.2, -0.15) is 4.98 Å². The SMILES string of the molecule is O=C(NO)c1ccsc1Nc1nc(Nc2ccc(CCN3CCOCC3)cc2)ncc1Cl. The molecule has 9 nitrogen and oxygen atoms in total. The van der Waals surface area contributed by atoms with E-state index in [1.54, 1.807) is 16.9 Å². The van der Waals surface area contributed by atoms with Gasteiger partial charge in [0.05, 0.1) is 25.0 Å². The number of carbonyl (C=O) groups excluding carboxylic acids is 1. The number of aromatic nitrogens is 2. The Morgan fingerprint density at radius 1 is 1.19 bits per heavy atom. The second-order valence-electron chi connectivity index (χ2n) is 7.15. The lowest BCUT2D eigenvalue weighted by Crippen LogP contribution is -2.37. The average Bonchev–Trinajstić information content (AvgIpc) is 3.29. The summed E-state index contributed by atoms with van der Waals surface area (Å²) < 4.78 is 5.39. The predicted octanol–water partition coefficient (Wildman–Crippen LogP) is 3.67. The van der Waals surface area contributed by atoms with Gasteiger partial charge in [0.25, 0.3) is 5.91 Å². The minimum absolute atomic E-state index is 0.286. The maximum Gasteiger partial charge on any atom is 0.277 e. The molecule has 3 heterocycles. The van der Waals surface area contributed by atoms with Gasteiger partial charge in [0, 0.05) is 25.3 Å². The van der Waals surface area contributed by atoms with Gasteiger partial charge in [-0.15, -0.1) is 11.3 Å². The van der Waals surface area contributed by atoms with Crippen LogP contribution in [-0.2, 0) is 11.2 Å². The van der Waals surface area contributed by atoms with E-state index in [9.17, 15) is 4.79 Å². The van der Waals surface area contributed by atoms with Crippen LogP contribution in [-0.4, -0.2) is 58.8 Å². The summed E-state index contributed by atoms with van der Waals surface area (Å²) in [5, 5.41) is 17.6. The van der Waals surface area contributed by atoms with Crippen LogP contribution >= 0.6 is 22.9 Å². The number of rotatable bonds is 8. The molecular weight excluding hydrogens is 452 g/mol. The zero-order valence-corrected chi connectivity index (χ0v) is 18.7. The highest BCUT2D eigenvalue weighted by Gasteiger charge is 2.15. The third-order valence-corrected chi connectivity index (χ3v) is 6.12. The Morgan fingerprint density at radius 2 is 1.97 bits per heavy atom. The number of benzene rings is 1. The summed E-state index contributed by atoms with van der Waals surface area (Å²) in [6, 6.07) is 9.74. The number of amides is 1. The van der Waals surface area contributed by atoms with Crippen LogP contribution in [0, 0.1) is 0 Å². The molecule has 0 aliphatic carbocycles. The normalized spacial score (nSPS) is 14.2. The second-order valence-corrected chi connectivity index (χ2v) is 8.47. The number of anilines is 4. The molecular formula is C21H23ClN6O3S. The highest BCUT2D eigenvalue weighted by Crippen LogP contribution is 2.30. The number of hydroxylamine groups is 1. The van der Waals surface area contributed by atoms with Crippen molar-refractivity contribution in [1.82, 2.24) is 20.3 Å². The first-order chi connectivity index (χ1) is 15.6. The molecule has 0 saturated carbocycles. The third-order valence-electron chi connectivity index (χ3n) is 5.02. The van der Waals surface area contributed by atoms with Crippen LogP contribution in [0.2, 0.25) is 5.02 Å². The van der Waals surface area contributed by atoms with Crippen molar-refractivity contribution < 1.29 is 14.7 Å². The topological polar surface area (TPSA) is 112 Å². The van der Waals surface area contributed by atoms with Gasteiger partial charge in [-0.3, -0.25) is 14.9 Å². The fourth-order valence-electron chi connectivity index (χ4n) is 3.26. The molecule has 1 amide bonds. The molecule has 1 aromatic carbocycles. The van der Waals surface area contributed by atoms with Gasteiger partial charge in [0.1, 0.15) is 10.0 Å². The van der Waals surface area contributed by atoms with Crippen LogP contribution in [0.25, 0.3) is 0 Å². The van der Waals surface area contributed by atoms with E-state index in [1.807, 2.05) is 12.1 Å². The number of nitrogens with zero attached hydrogens (tertiary/aromatic N) is 3. The van der Waals surface area contributed by atoms with Crippen molar-refractivity contribution in [3.05, 3.63) is 58.1 Å². The summed E-state index contributed by atoms with van der Waals surface area (Å²) >= 11 is 7.52. The Kier molecular flexibility index (Phi) is 7.51. The largest absolute Gasteiger partial charge is 0.379 e. The van der Waals surface area contributed by atoms with Crippen molar-refractivity contribution in [2.24, 2.45) is 0 Å². The number of hydrogen-bond donors (Lipinski definition) is 4. The van der Waals surface area contributed by atoms with Gasteiger partial charge >= 0.3 is 0 Å². The van der Waals surface area contributed by atoms with Crippen LogP contribution in [0.3, 0.4) is 0 Å². The van der Waals surface area contributed by atoms with Gasteiger partial charge in [0.2, 0.25) is 5.95 Å². The Balaban J connectivity index is 1.39. The average molecular weight is 475 g/mol. The molecule has 11 heteroatoms. The van der Waals surface area contributed by atoms with Crippen molar-refractivity contribution >= 4 is 51.3 Å². The van der Waals surface area contributed by atoms with Gasteiger partial charge in [0.15, 0.2) is 5.82 Å². The molecule has 1 aliphatic heterocycles. The highest BCUT2D eigenvalue weighted by molar-refractivity contribution is 7.14. The quantitative estimate of drug-likeness (QED) is 0.289. The minimum Gasteiger partial charge on any atom is -0.379 e. The van der Waals surface area contributed by atoms with Gasteiger partial charge in [-0.05, 0) is 35.6 Å².